The summed E-state index contributed by atoms with van der Waals surface area (Å²) >= 11 is 0. The molecule has 0 aliphatic carbocycles. The van der Waals surface area contributed by atoms with Crippen molar-refractivity contribution in [3.8, 4) is 0 Å². The first kappa shape index (κ1) is 21.0. The number of carbonyl (C=O) groups is 2. The lowest BCUT2D eigenvalue weighted by atomic mass is 10.1. The van der Waals surface area contributed by atoms with E-state index in [9.17, 15) is 18.0 Å². The molecule has 0 saturated carbocycles. The Kier molecular flexibility index (Phi) is 6.31. The van der Waals surface area contributed by atoms with Crippen LogP contribution in [-0.2, 0) is 19.6 Å². The van der Waals surface area contributed by atoms with Crippen molar-refractivity contribution in [2.24, 2.45) is 0 Å². The molecule has 0 spiro atoms. The predicted octanol–water partition coefficient (Wildman–Crippen LogP) is 2.23. The smallest absolute Gasteiger partial charge is 0.255 e. The van der Waals surface area contributed by atoms with Gasteiger partial charge in [0, 0.05) is 37.0 Å². The molecule has 0 radical (unpaired) electrons. The Balaban J connectivity index is 1.77. The number of sulfonamides is 1. The fourth-order valence-corrected chi connectivity index (χ4v) is 4.46. The number of amides is 2. The van der Waals surface area contributed by atoms with Gasteiger partial charge in [-0.05, 0) is 48.9 Å². The molecule has 1 heterocycles. The molecule has 154 valence electrons. The monoisotopic (exact) mass is 417 g/mol. The number of nitrogens with zero attached hydrogens (tertiary/aromatic N) is 1. The number of aryl methyl sites for hydroxylation is 1. The highest BCUT2D eigenvalue weighted by molar-refractivity contribution is 7.89. The van der Waals surface area contributed by atoms with Crippen molar-refractivity contribution in [1.82, 2.24) is 4.31 Å². The maximum Gasteiger partial charge on any atom is 0.255 e. The third-order valence-corrected chi connectivity index (χ3v) is 6.39. The van der Waals surface area contributed by atoms with E-state index in [1.807, 2.05) is 6.92 Å². The standard InChI is InChI=1S/C20H23N3O5S/c1-14-12-17(6-7-19(14)21-15(2)24)22-20(25)16-4-3-5-18(13-16)29(26,27)23-8-10-28-11-9-23/h3-7,12-13H,8-11H2,1-2H3,(H,21,24)(H,22,25). The van der Waals surface area contributed by atoms with E-state index < -0.39 is 15.9 Å². The lowest BCUT2D eigenvalue weighted by Crippen LogP contribution is -2.40. The van der Waals surface area contributed by atoms with Crippen molar-refractivity contribution < 1.29 is 22.7 Å². The molecule has 9 heteroatoms. The van der Waals surface area contributed by atoms with Crippen molar-refractivity contribution in [3.63, 3.8) is 0 Å². The Hall–Kier alpha value is -2.75. The second kappa shape index (κ2) is 8.73. The molecule has 2 amide bonds. The van der Waals surface area contributed by atoms with Crippen molar-refractivity contribution in [2.45, 2.75) is 18.7 Å². The Morgan fingerprint density at radius 1 is 1.03 bits per heavy atom. The van der Waals surface area contributed by atoms with Crippen LogP contribution in [0.1, 0.15) is 22.8 Å². The lowest BCUT2D eigenvalue weighted by molar-refractivity contribution is -0.114. The molecule has 1 aliphatic rings. The topological polar surface area (TPSA) is 105 Å². The number of rotatable bonds is 5. The van der Waals surface area contributed by atoms with Gasteiger partial charge in [-0.1, -0.05) is 6.07 Å². The zero-order valence-electron chi connectivity index (χ0n) is 16.3. The summed E-state index contributed by atoms with van der Waals surface area (Å²) in [4.78, 5) is 23.9. The van der Waals surface area contributed by atoms with Crippen molar-refractivity contribution in [3.05, 3.63) is 53.6 Å². The first-order chi connectivity index (χ1) is 13.8. The number of carbonyl (C=O) groups excluding carboxylic acids is 2. The average molecular weight is 417 g/mol. The van der Waals surface area contributed by atoms with Gasteiger partial charge >= 0.3 is 0 Å². The highest BCUT2D eigenvalue weighted by Crippen LogP contribution is 2.22. The largest absolute Gasteiger partial charge is 0.379 e. The van der Waals surface area contributed by atoms with E-state index in [0.717, 1.165) is 5.56 Å². The summed E-state index contributed by atoms with van der Waals surface area (Å²) in [5.41, 5.74) is 2.24. The number of morpholine rings is 1. The SMILES string of the molecule is CC(=O)Nc1ccc(NC(=O)c2cccc(S(=O)(=O)N3CCOCC3)c2)cc1C. The molecule has 1 fully saturated rings. The molecule has 0 bridgehead atoms. The summed E-state index contributed by atoms with van der Waals surface area (Å²) in [6.07, 6.45) is 0. The third-order valence-electron chi connectivity index (χ3n) is 4.50. The normalized spacial score (nSPS) is 15.0. The highest BCUT2D eigenvalue weighted by Gasteiger charge is 2.26. The first-order valence-corrected chi connectivity index (χ1v) is 10.6. The molecule has 0 unspecified atom stereocenters. The van der Waals surface area contributed by atoms with E-state index in [0.29, 0.717) is 37.7 Å². The molecule has 2 N–H and O–H groups in total. The predicted molar refractivity (Wildman–Crippen MR) is 109 cm³/mol. The first-order valence-electron chi connectivity index (χ1n) is 9.15. The van der Waals surface area contributed by atoms with Crippen LogP contribution in [0.15, 0.2) is 47.4 Å². The number of anilines is 2. The molecule has 2 aromatic rings. The van der Waals surface area contributed by atoms with E-state index in [1.165, 1.54) is 23.4 Å². The lowest BCUT2D eigenvalue weighted by Gasteiger charge is -2.26. The summed E-state index contributed by atoms with van der Waals surface area (Å²) in [6, 6.07) is 11.1. The molecule has 8 nitrogen and oxygen atoms in total. The molecule has 29 heavy (non-hydrogen) atoms. The minimum Gasteiger partial charge on any atom is -0.379 e. The van der Waals surface area contributed by atoms with Crippen LogP contribution >= 0.6 is 0 Å². The van der Waals surface area contributed by atoms with Crippen LogP contribution in [0.4, 0.5) is 11.4 Å². The quantitative estimate of drug-likeness (QED) is 0.776. The van der Waals surface area contributed by atoms with Gasteiger partial charge in [-0.3, -0.25) is 9.59 Å². The summed E-state index contributed by atoms with van der Waals surface area (Å²) in [5, 5.41) is 5.47. The molecular formula is C20H23N3O5S. The minimum atomic E-state index is -3.68. The highest BCUT2D eigenvalue weighted by atomic mass is 32.2. The zero-order chi connectivity index (χ0) is 21.0. The molecule has 0 atom stereocenters. The average Bonchev–Trinajstić information content (AvgIpc) is 2.70. The van der Waals surface area contributed by atoms with Crippen molar-refractivity contribution >= 4 is 33.2 Å². The van der Waals surface area contributed by atoms with Gasteiger partial charge in [0.05, 0.1) is 18.1 Å². The Morgan fingerprint density at radius 2 is 1.76 bits per heavy atom. The molecule has 0 aromatic heterocycles. The molecule has 1 aliphatic heterocycles. The molecule has 3 rings (SSSR count). The maximum absolute atomic E-state index is 12.8. The fourth-order valence-electron chi connectivity index (χ4n) is 3.01. The van der Waals surface area contributed by atoms with Gasteiger partial charge in [0.1, 0.15) is 0 Å². The maximum atomic E-state index is 12.8. The van der Waals surface area contributed by atoms with Gasteiger partial charge in [0.15, 0.2) is 0 Å². The second-order valence-corrected chi connectivity index (χ2v) is 8.65. The fraction of sp³-hybridized carbons (Fsp3) is 0.300. The number of hydrogen-bond acceptors (Lipinski definition) is 5. The van der Waals surface area contributed by atoms with Crippen molar-refractivity contribution in [1.29, 1.82) is 0 Å². The summed E-state index contributed by atoms with van der Waals surface area (Å²) in [5.74, 6) is -0.598. The Bertz CT molecular complexity index is 1030. The van der Waals surface area contributed by atoms with Crippen LogP contribution in [0.5, 0.6) is 0 Å². The van der Waals surface area contributed by atoms with Crippen molar-refractivity contribution in [2.75, 3.05) is 36.9 Å². The number of benzene rings is 2. The van der Waals surface area contributed by atoms with Gasteiger partial charge in [-0.15, -0.1) is 0 Å². The molecule has 1 saturated heterocycles. The number of hydrogen-bond donors (Lipinski definition) is 2. The van der Waals surface area contributed by atoms with Crippen LogP contribution in [-0.4, -0.2) is 50.8 Å². The van der Waals surface area contributed by atoms with Crippen LogP contribution in [0, 0.1) is 6.92 Å². The number of ether oxygens (including phenoxy) is 1. The van der Waals surface area contributed by atoms with E-state index in [1.54, 1.807) is 30.3 Å². The van der Waals surface area contributed by atoms with E-state index in [4.69, 9.17) is 4.74 Å². The van der Waals surface area contributed by atoms with Crippen LogP contribution in [0.25, 0.3) is 0 Å². The van der Waals surface area contributed by atoms with E-state index in [2.05, 4.69) is 10.6 Å². The Morgan fingerprint density at radius 3 is 2.41 bits per heavy atom. The van der Waals surface area contributed by atoms with Gasteiger partial charge in [0.25, 0.3) is 5.91 Å². The molecule has 2 aromatic carbocycles. The van der Waals surface area contributed by atoms with Gasteiger partial charge in [0.2, 0.25) is 15.9 Å². The summed E-state index contributed by atoms with van der Waals surface area (Å²) in [6.45, 7) is 4.53. The van der Waals surface area contributed by atoms with E-state index in [-0.39, 0.29) is 16.4 Å². The molecular weight excluding hydrogens is 394 g/mol. The zero-order valence-corrected chi connectivity index (χ0v) is 17.1. The second-order valence-electron chi connectivity index (χ2n) is 6.71. The van der Waals surface area contributed by atoms with Gasteiger partial charge in [-0.25, -0.2) is 8.42 Å². The minimum absolute atomic E-state index is 0.0734. The Labute approximate surface area is 169 Å². The van der Waals surface area contributed by atoms with E-state index >= 15 is 0 Å². The van der Waals surface area contributed by atoms with Crippen LogP contribution < -0.4 is 10.6 Å². The van der Waals surface area contributed by atoms with Gasteiger partial charge in [-0.2, -0.15) is 4.31 Å². The number of nitrogens with one attached hydrogen (secondary N) is 2. The van der Waals surface area contributed by atoms with Crippen LogP contribution in [0.2, 0.25) is 0 Å². The third kappa shape index (κ3) is 5.00. The van der Waals surface area contributed by atoms with Crippen LogP contribution in [0.3, 0.4) is 0 Å². The van der Waals surface area contributed by atoms with Gasteiger partial charge < -0.3 is 15.4 Å². The summed E-state index contributed by atoms with van der Waals surface area (Å²) < 4.78 is 32.2. The summed E-state index contributed by atoms with van der Waals surface area (Å²) in [7, 11) is -3.68.